The number of carbonyl (C=O) groups excluding carboxylic acids is 4. The summed E-state index contributed by atoms with van der Waals surface area (Å²) in [6.45, 7) is 5.77. The van der Waals surface area contributed by atoms with Gasteiger partial charge in [0.05, 0.1) is 7.11 Å². The highest BCUT2D eigenvalue weighted by Crippen LogP contribution is 2.31. The van der Waals surface area contributed by atoms with Gasteiger partial charge in [0, 0.05) is 19.2 Å². The molecule has 41 heavy (non-hydrogen) atoms. The summed E-state index contributed by atoms with van der Waals surface area (Å²) >= 11 is 0. The molecule has 0 radical (unpaired) electrons. The van der Waals surface area contributed by atoms with E-state index in [4.69, 9.17) is 14.2 Å². The maximum absolute atomic E-state index is 13.4. The number of rotatable bonds is 11. The Morgan fingerprint density at radius 2 is 1.63 bits per heavy atom. The van der Waals surface area contributed by atoms with Gasteiger partial charge in [-0.05, 0) is 56.7 Å². The first kappa shape index (κ1) is 31.2. The Balaban J connectivity index is 1.55. The normalized spacial score (nSPS) is 15.4. The van der Waals surface area contributed by atoms with E-state index in [1.54, 1.807) is 27.0 Å². The predicted octanol–water partition coefficient (Wildman–Crippen LogP) is 4.79. The molecule has 0 spiro atoms. The van der Waals surface area contributed by atoms with Gasteiger partial charge in [0.15, 0.2) is 0 Å². The van der Waals surface area contributed by atoms with Gasteiger partial charge in [0.1, 0.15) is 24.3 Å². The van der Waals surface area contributed by atoms with Crippen LogP contribution in [-0.4, -0.2) is 60.3 Å². The fraction of sp³-hybridized carbons (Fsp3) is 0.419. The third kappa shape index (κ3) is 9.97. The monoisotopic (exact) mass is 565 g/mol. The van der Waals surface area contributed by atoms with Gasteiger partial charge in [-0.25, -0.2) is 14.4 Å². The lowest BCUT2D eigenvalue weighted by molar-refractivity contribution is -0.145. The summed E-state index contributed by atoms with van der Waals surface area (Å²) in [4.78, 5) is 52.2. The van der Waals surface area contributed by atoms with Crippen LogP contribution in [0.3, 0.4) is 0 Å². The molecule has 0 saturated carbocycles. The molecule has 0 saturated heterocycles. The number of esters is 1. The third-order valence-corrected chi connectivity index (χ3v) is 6.30. The minimum atomic E-state index is -0.918. The number of ether oxygens (including phenoxy) is 3. The van der Waals surface area contributed by atoms with Gasteiger partial charge >= 0.3 is 18.2 Å². The second-order valence-electron chi connectivity index (χ2n) is 10.7. The third-order valence-electron chi connectivity index (χ3n) is 6.30. The molecule has 220 valence electrons. The zero-order chi connectivity index (χ0) is 29.8. The molecule has 0 unspecified atom stereocenters. The van der Waals surface area contributed by atoms with Gasteiger partial charge in [-0.2, -0.15) is 0 Å². The van der Waals surface area contributed by atoms with Crippen LogP contribution in [0.5, 0.6) is 0 Å². The average molecular weight is 566 g/mol. The highest BCUT2D eigenvalue weighted by molar-refractivity contribution is 5.93. The van der Waals surface area contributed by atoms with Crippen molar-refractivity contribution in [1.82, 2.24) is 15.5 Å². The lowest BCUT2D eigenvalue weighted by Gasteiger charge is -2.28. The van der Waals surface area contributed by atoms with Gasteiger partial charge in [-0.3, -0.25) is 9.69 Å². The van der Waals surface area contributed by atoms with E-state index in [9.17, 15) is 19.2 Å². The van der Waals surface area contributed by atoms with E-state index in [0.29, 0.717) is 19.4 Å². The summed E-state index contributed by atoms with van der Waals surface area (Å²) in [6, 6.07) is 17.0. The van der Waals surface area contributed by atoms with Crippen LogP contribution in [-0.2, 0) is 30.4 Å². The van der Waals surface area contributed by atoms with E-state index in [2.05, 4.69) is 10.6 Å². The summed E-state index contributed by atoms with van der Waals surface area (Å²) < 4.78 is 15.6. The highest BCUT2D eigenvalue weighted by Gasteiger charge is 2.38. The minimum absolute atomic E-state index is 0.172. The largest absolute Gasteiger partial charge is 0.467 e. The van der Waals surface area contributed by atoms with E-state index in [1.165, 1.54) is 12.0 Å². The molecular weight excluding hydrogens is 526 g/mol. The Morgan fingerprint density at radius 3 is 2.27 bits per heavy atom. The van der Waals surface area contributed by atoms with E-state index < -0.39 is 41.7 Å². The number of hydrogen-bond acceptors (Lipinski definition) is 7. The Hall–Kier alpha value is -4.34. The van der Waals surface area contributed by atoms with Crippen molar-refractivity contribution in [3.8, 4) is 0 Å². The molecule has 2 aromatic carbocycles. The van der Waals surface area contributed by atoms with Crippen LogP contribution in [0.25, 0.3) is 5.57 Å². The van der Waals surface area contributed by atoms with Crippen LogP contribution >= 0.6 is 0 Å². The molecule has 0 aromatic heterocycles. The van der Waals surface area contributed by atoms with Crippen molar-refractivity contribution in [1.29, 1.82) is 0 Å². The van der Waals surface area contributed by atoms with Gasteiger partial charge in [0.25, 0.3) is 0 Å². The zero-order valence-electron chi connectivity index (χ0n) is 24.1. The van der Waals surface area contributed by atoms with Crippen LogP contribution in [0.15, 0.2) is 66.9 Å². The average Bonchev–Trinajstić information content (AvgIpc) is 3.41. The molecule has 10 nitrogen and oxygen atoms in total. The molecular formula is C31H39N3O7. The maximum atomic E-state index is 13.4. The Kier molecular flexibility index (Phi) is 11.3. The lowest BCUT2D eigenvalue weighted by Crippen LogP contribution is -2.51. The Bertz CT molecular complexity index is 1210. The molecule has 3 amide bonds. The van der Waals surface area contributed by atoms with E-state index in [-0.39, 0.29) is 19.4 Å². The number of hydrogen-bond donors (Lipinski definition) is 2. The first-order valence-electron chi connectivity index (χ1n) is 13.7. The van der Waals surface area contributed by atoms with Crippen molar-refractivity contribution in [2.24, 2.45) is 0 Å². The highest BCUT2D eigenvalue weighted by atomic mass is 16.6. The summed E-state index contributed by atoms with van der Waals surface area (Å²) in [7, 11) is 1.25. The molecule has 1 aliphatic heterocycles. The molecule has 0 bridgehead atoms. The zero-order valence-corrected chi connectivity index (χ0v) is 24.1. The van der Waals surface area contributed by atoms with Crippen molar-refractivity contribution in [2.45, 2.75) is 70.7 Å². The van der Waals surface area contributed by atoms with Crippen LogP contribution in [0, 0.1) is 0 Å². The summed E-state index contributed by atoms with van der Waals surface area (Å²) in [6.07, 6.45) is 2.07. The van der Waals surface area contributed by atoms with Crippen molar-refractivity contribution in [3.63, 3.8) is 0 Å². The molecule has 2 N–H and O–H groups in total. The topological polar surface area (TPSA) is 123 Å². The molecule has 2 aromatic rings. The van der Waals surface area contributed by atoms with Crippen LogP contribution < -0.4 is 10.6 Å². The molecule has 10 heteroatoms. The quantitative estimate of drug-likeness (QED) is 0.228. The SMILES string of the molecule is COC(=O)[C@H](CCCCNC(=O)OCc1ccccc1)NC(=O)[C@@H]1CC(c2ccccc2)=CN1C(=O)OC(C)(C)C. The van der Waals surface area contributed by atoms with Gasteiger partial charge in [0.2, 0.25) is 5.91 Å². The number of nitrogens with one attached hydrogen (secondary N) is 2. The number of benzene rings is 2. The van der Waals surface area contributed by atoms with E-state index in [0.717, 1.165) is 16.7 Å². The lowest BCUT2D eigenvalue weighted by atomic mass is 10.0. The Labute approximate surface area is 241 Å². The molecule has 1 aliphatic rings. The fourth-order valence-corrected chi connectivity index (χ4v) is 4.27. The van der Waals surface area contributed by atoms with E-state index in [1.807, 2.05) is 60.7 Å². The summed E-state index contributed by atoms with van der Waals surface area (Å²) in [5, 5.41) is 5.44. The number of amides is 3. The summed E-state index contributed by atoms with van der Waals surface area (Å²) in [5.74, 6) is -1.08. The smallest absolute Gasteiger partial charge is 0.415 e. The molecule has 3 rings (SSSR count). The summed E-state index contributed by atoms with van der Waals surface area (Å²) in [5.41, 5.74) is 1.82. The standard InChI is InChI=1S/C31H39N3O7/c1-31(2,3)41-30(38)34-20-24(23-15-9-6-10-16-23)19-26(34)27(35)33-25(28(36)39-4)17-11-12-18-32-29(37)40-21-22-13-7-5-8-14-22/h5-10,13-16,20,25-26H,11-12,17-19,21H2,1-4H3,(H,32,37)(H,33,35)/t25-,26-/m0/s1. The molecule has 2 atom stereocenters. The number of unbranched alkanes of at least 4 members (excludes halogenated alkanes) is 1. The number of nitrogens with zero attached hydrogens (tertiary/aromatic N) is 1. The first-order chi connectivity index (χ1) is 19.6. The number of methoxy groups -OCH3 is 1. The number of alkyl carbamates (subject to hydrolysis) is 1. The van der Waals surface area contributed by atoms with Crippen molar-refractivity contribution in [3.05, 3.63) is 78.0 Å². The van der Waals surface area contributed by atoms with Crippen molar-refractivity contribution < 1.29 is 33.4 Å². The fourth-order valence-electron chi connectivity index (χ4n) is 4.27. The predicted molar refractivity (Wildman–Crippen MR) is 153 cm³/mol. The van der Waals surface area contributed by atoms with E-state index >= 15 is 0 Å². The van der Waals surface area contributed by atoms with Gasteiger partial charge in [-0.15, -0.1) is 0 Å². The van der Waals surface area contributed by atoms with Crippen LogP contribution in [0.1, 0.15) is 57.6 Å². The van der Waals surface area contributed by atoms with Crippen molar-refractivity contribution >= 4 is 29.6 Å². The van der Waals surface area contributed by atoms with Crippen molar-refractivity contribution in [2.75, 3.05) is 13.7 Å². The van der Waals surface area contributed by atoms with Crippen LogP contribution in [0.4, 0.5) is 9.59 Å². The molecule has 0 aliphatic carbocycles. The van der Waals surface area contributed by atoms with Gasteiger partial charge < -0.3 is 24.8 Å². The second kappa shape index (κ2) is 14.9. The second-order valence-corrected chi connectivity index (χ2v) is 10.7. The van der Waals surface area contributed by atoms with Crippen LogP contribution in [0.2, 0.25) is 0 Å². The first-order valence-corrected chi connectivity index (χ1v) is 13.7. The maximum Gasteiger partial charge on any atom is 0.415 e. The Morgan fingerprint density at radius 1 is 0.976 bits per heavy atom. The minimum Gasteiger partial charge on any atom is -0.467 e. The van der Waals surface area contributed by atoms with Gasteiger partial charge in [-0.1, -0.05) is 60.7 Å². The molecule has 1 heterocycles. The number of carbonyl (C=O) groups is 4. The molecule has 0 fully saturated rings.